The molecule has 0 bridgehead atoms. The van der Waals surface area contributed by atoms with Gasteiger partial charge in [-0.1, -0.05) is 6.92 Å². The number of benzene rings is 1. The van der Waals surface area contributed by atoms with Crippen LogP contribution in [-0.4, -0.2) is 44.0 Å². The van der Waals surface area contributed by atoms with Gasteiger partial charge in [-0.15, -0.1) is 0 Å². The van der Waals surface area contributed by atoms with Gasteiger partial charge in [0.15, 0.2) is 9.84 Å². The minimum atomic E-state index is -3.45. The third kappa shape index (κ3) is 5.82. The number of methoxy groups -OCH3 is 1. The number of aromatic carboxylic acids is 1. The summed E-state index contributed by atoms with van der Waals surface area (Å²) in [7, 11) is -1.99. The van der Waals surface area contributed by atoms with E-state index in [0.717, 1.165) is 0 Å². The van der Waals surface area contributed by atoms with Gasteiger partial charge in [0.1, 0.15) is 5.75 Å². The molecule has 0 heterocycles. The van der Waals surface area contributed by atoms with Crippen LogP contribution >= 0.6 is 0 Å². The molecule has 0 radical (unpaired) electrons. The zero-order valence-corrected chi connectivity index (χ0v) is 13.3. The van der Waals surface area contributed by atoms with Crippen molar-refractivity contribution in [2.45, 2.75) is 20.0 Å². The Morgan fingerprint density at radius 2 is 1.95 bits per heavy atom. The summed E-state index contributed by atoms with van der Waals surface area (Å²) in [5.41, 5.74) is 0.777. The number of carbonyl (C=O) groups is 2. The second kappa shape index (κ2) is 7.90. The fourth-order valence-corrected chi connectivity index (χ4v) is 3.16. The maximum atomic E-state index is 11.8. The number of hydrogen-bond donors (Lipinski definition) is 2. The lowest BCUT2D eigenvalue weighted by atomic mass is 10.1. The van der Waals surface area contributed by atoms with Crippen LogP contribution in [0, 0.1) is 0 Å². The smallest absolute Gasteiger partial charge is 0.335 e. The summed E-state index contributed by atoms with van der Waals surface area (Å²) in [5, 5.41) is 11.5. The Bertz CT molecular complexity index is 653. The van der Waals surface area contributed by atoms with Gasteiger partial charge in [-0.05, 0) is 30.2 Å². The molecular formula is C14H19NO6S. The standard InChI is InChI=1S/C14H19NO6S/c1-3-4-22(19,20)9-13(16)15-12-6-10(8-21-2)5-11(7-12)14(17)18/h5-7H,3-4,8-9H2,1-2H3,(H,15,16)(H,17,18). The van der Waals surface area contributed by atoms with Crippen molar-refractivity contribution in [1.82, 2.24) is 0 Å². The highest BCUT2D eigenvalue weighted by Gasteiger charge is 2.16. The minimum Gasteiger partial charge on any atom is -0.478 e. The molecule has 22 heavy (non-hydrogen) atoms. The number of hydrogen-bond acceptors (Lipinski definition) is 5. The molecular weight excluding hydrogens is 310 g/mol. The SMILES string of the molecule is CCCS(=O)(=O)CC(=O)Nc1cc(COC)cc(C(=O)O)c1. The summed E-state index contributed by atoms with van der Waals surface area (Å²) < 4.78 is 28.1. The third-order valence-corrected chi connectivity index (χ3v) is 4.43. The number of amides is 1. The lowest BCUT2D eigenvalue weighted by molar-refractivity contribution is -0.113. The maximum absolute atomic E-state index is 11.8. The first-order valence-corrected chi connectivity index (χ1v) is 8.46. The molecule has 1 aromatic rings. The fraction of sp³-hybridized carbons (Fsp3) is 0.429. The average Bonchev–Trinajstić information content (AvgIpc) is 2.37. The number of nitrogens with one attached hydrogen (secondary N) is 1. The van der Waals surface area contributed by atoms with E-state index in [-0.39, 0.29) is 23.6 Å². The number of carboxylic acid groups (broad SMARTS) is 1. The van der Waals surface area contributed by atoms with Gasteiger partial charge in [0.25, 0.3) is 0 Å². The van der Waals surface area contributed by atoms with E-state index in [9.17, 15) is 18.0 Å². The molecule has 0 aliphatic rings. The van der Waals surface area contributed by atoms with Gasteiger partial charge in [-0.25, -0.2) is 13.2 Å². The Balaban J connectivity index is 2.92. The van der Waals surface area contributed by atoms with Gasteiger partial charge in [0.2, 0.25) is 5.91 Å². The highest BCUT2D eigenvalue weighted by atomic mass is 32.2. The van der Waals surface area contributed by atoms with Gasteiger partial charge in [-0.3, -0.25) is 4.79 Å². The largest absolute Gasteiger partial charge is 0.478 e. The van der Waals surface area contributed by atoms with E-state index in [1.54, 1.807) is 13.0 Å². The molecule has 0 saturated heterocycles. The highest BCUT2D eigenvalue weighted by molar-refractivity contribution is 7.92. The van der Waals surface area contributed by atoms with Crippen molar-refractivity contribution < 1.29 is 27.9 Å². The topological polar surface area (TPSA) is 110 Å². The summed E-state index contributed by atoms with van der Waals surface area (Å²) in [5.74, 6) is -2.53. The van der Waals surface area contributed by atoms with E-state index in [1.165, 1.54) is 19.2 Å². The van der Waals surface area contributed by atoms with Gasteiger partial charge < -0.3 is 15.2 Å². The molecule has 0 aliphatic carbocycles. The molecule has 0 unspecified atom stereocenters. The Hall–Kier alpha value is -1.93. The lowest BCUT2D eigenvalue weighted by Crippen LogP contribution is -2.24. The minimum absolute atomic E-state index is 0.0127. The van der Waals surface area contributed by atoms with E-state index >= 15 is 0 Å². The van der Waals surface area contributed by atoms with Crippen LogP contribution in [0.4, 0.5) is 5.69 Å². The Kier molecular flexibility index (Phi) is 6.51. The number of ether oxygens (including phenoxy) is 1. The van der Waals surface area contributed by atoms with E-state index in [4.69, 9.17) is 9.84 Å². The molecule has 1 rings (SSSR count). The van der Waals surface area contributed by atoms with E-state index in [1.807, 2.05) is 0 Å². The molecule has 0 aliphatic heterocycles. The van der Waals surface area contributed by atoms with Crippen molar-refractivity contribution in [1.29, 1.82) is 0 Å². The van der Waals surface area contributed by atoms with E-state index in [0.29, 0.717) is 12.0 Å². The fourth-order valence-electron chi connectivity index (χ4n) is 1.92. The number of rotatable bonds is 8. The van der Waals surface area contributed by atoms with Crippen LogP contribution in [-0.2, 0) is 26.0 Å². The lowest BCUT2D eigenvalue weighted by Gasteiger charge is -2.09. The van der Waals surface area contributed by atoms with E-state index < -0.39 is 27.5 Å². The van der Waals surface area contributed by atoms with Crippen LogP contribution in [0.3, 0.4) is 0 Å². The molecule has 7 nitrogen and oxygen atoms in total. The van der Waals surface area contributed by atoms with Crippen molar-refractivity contribution in [2.24, 2.45) is 0 Å². The predicted octanol–water partition coefficient (Wildman–Crippen LogP) is 1.29. The van der Waals surface area contributed by atoms with Gasteiger partial charge >= 0.3 is 5.97 Å². The van der Waals surface area contributed by atoms with E-state index in [2.05, 4.69) is 5.32 Å². The number of carbonyl (C=O) groups excluding carboxylic acids is 1. The molecule has 8 heteroatoms. The first-order valence-electron chi connectivity index (χ1n) is 6.64. The molecule has 1 amide bonds. The first-order chi connectivity index (χ1) is 10.3. The number of carboxylic acids is 1. The van der Waals surface area contributed by atoms with Crippen LogP contribution in [0.15, 0.2) is 18.2 Å². The summed E-state index contributed by atoms with van der Waals surface area (Å²) in [6.45, 7) is 1.89. The Morgan fingerprint density at radius 1 is 1.27 bits per heavy atom. The maximum Gasteiger partial charge on any atom is 0.335 e. The summed E-state index contributed by atoms with van der Waals surface area (Å²) >= 11 is 0. The second-order valence-electron chi connectivity index (χ2n) is 4.80. The summed E-state index contributed by atoms with van der Waals surface area (Å²) in [6, 6.07) is 4.24. The first kappa shape index (κ1) is 18.1. The molecule has 122 valence electrons. The Morgan fingerprint density at radius 3 is 2.50 bits per heavy atom. The monoisotopic (exact) mass is 329 g/mol. The van der Waals surface area contributed by atoms with Gasteiger partial charge in [-0.2, -0.15) is 0 Å². The normalized spacial score (nSPS) is 11.2. The molecule has 0 aromatic heterocycles. The molecule has 0 atom stereocenters. The zero-order valence-electron chi connectivity index (χ0n) is 12.5. The Labute approximate surface area is 129 Å². The van der Waals surface area contributed by atoms with Crippen LogP contribution in [0.25, 0.3) is 0 Å². The molecule has 0 fully saturated rings. The summed E-state index contributed by atoms with van der Waals surface area (Å²) in [6.07, 6.45) is 0.433. The molecule has 2 N–H and O–H groups in total. The van der Waals surface area contributed by atoms with Crippen LogP contribution < -0.4 is 5.32 Å². The van der Waals surface area contributed by atoms with Crippen LogP contribution in [0.1, 0.15) is 29.3 Å². The third-order valence-electron chi connectivity index (χ3n) is 2.70. The predicted molar refractivity (Wildman–Crippen MR) is 81.7 cm³/mol. The average molecular weight is 329 g/mol. The molecule has 0 spiro atoms. The number of anilines is 1. The van der Waals surface area contributed by atoms with Gasteiger partial charge in [0, 0.05) is 12.8 Å². The number of sulfone groups is 1. The van der Waals surface area contributed by atoms with Crippen LogP contribution in [0.2, 0.25) is 0 Å². The second-order valence-corrected chi connectivity index (χ2v) is 6.98. The van der Waals surface area contributed by atoms with Crippen molar-refractivity contribution >= 4 is 27.4 Å². The molecule has 0 saturated carbocycles. The van der Waals surface area contributed by atoms with Crippen molar-refractivity contribution in [3.63, 3.8) is 0 Å². The van der Waals surface area contributed by atoms with Crippen molar-refractivity contribution in [2.75, 3.05) is 23.9 Å². The van der Waals surface area contributed by atoms with Crippen LogP contribution in [0.5, 0.6) is 0 Å². The summed E-state index contributed by atoms with van der Waals surface area (Å²) in [4.78, 5) is 22.8. The van der Waals surface area contributed by atoms with Crippen molar-refractivity contribution in [3.05, 3.63) is 29.3 Å². The van der Waals surface area contributed by atoms with Crippen molar-refractivity contribution in [3.8, 4) is 0 Å². The zero-order chi connectivity index (χ0) is 16.8. The highest BCUT2D eigenvalue weighted by Crippen LogP contribution is 2.16. The molecule has 1 aromatic carbocycles. The van der Waals surface area contributed by atoms with Gasteiger partial charge in [0.05, 0.1) is 17.9 Å². The quantitative estimate of drug-likeness (QED) is 0.744.